The van der Waals surface area contributed by atoms with Gasteiger partial charge in [-0.25, -0.2) is 0 Å². The summed E-state index contributed by atoms with van der Waals surface area (Å²) in [5, 5.41) is 7.51. The molecule has 1 heterocycles. The largest absolute Gasteiger partial charge is 0.398 e. The summed E-state index contributed by atoms with van der Waals surface area (Å²) in [6.07, 6.45) is 4.81. The monoisotopic (exact) mass is 230 g/mol. The maximum atomic E-state index is 5.85. The Kier molecular flexibility index (Phi) is 3.65. The average molecular weight is 230 g/mol. The van der Waals surface area contributed by atoms with E-state index in [0.717, 1.165) is 36.4 Å². The fourth-order valence-corrected chi connectivity index (χ4v) is 1.66. The molecule has 3 N–H and O–H groups in total. The van der Waals surface area contributed by atoms with Crippen molar-refractivity contribution < 1.29 is 0 Å². The second kappa shape index (κ2) is 5.39. The first-order valence-corrected chi connectivity index (χ1v) is 5.83. The van der Waals surface area contributed by atoms with Gasteiger partial charge in [-0.1, -0.05) is 6.07 Å². The third-order valence-electron chi connectivity index (χ3n) is 2.73. The minimum absolute atomic E-state index is 0.835. The normalized spacial score (nSPS) is 10.4. The van der Waals surface area contributed by atoms with Gasteiger partial charge in [0.25, 0.3) is 0 Å². The molecule has 0 unspecified atom stereocenters. The molecule has 0 bridgehead atoms. The molecule has 0 saturated carbocycles. The quantitative estimate of drug-likeness (QED) is 0.612. The average Bonchev–Trinajstić information content (AvgIpc) is 2.82. The van der Waals surface area contributed by atoms with Crippen LogP contribution >= 0.6 is 0 Å². The summed E-state index contributed by atoms with van der Waals surface area (Å²) in [6.45, 7) is 3.86. The van der Waals surface area contributed by atoms with Crippen LogP contribution in [-0.4, -0.2) is 16.3 Å². The van der Waals surface area contributed by atoms with Crippen LogP contribution in [0.3, 0.4) is 0 Å². The van der Waals surface area contributed by atoms with E-state index in [4.69, 9.17) is 5.73 Å². The smallest absolute Gasteiger partial charge is 0.0489 e. The number of nitrogens with one attached hydrogen (secondary N) is 1. The lowest BCUT2D eigenvalue weighted by Crippen LogP contribution is -2.07. The van der Waals surface area contributed by atoms with Crippen molar-refractivity contribution in [2.24, 2.45) is 0 Å². The fourth-order valence-electron chi connectivity index (χ4n) is 1.66. The second-order valence-electron chi connectivity index (χ2n) is 4.12. The molecule has 4 heteroatoms. The highest BCUT2D eigenvalue weighted by atomic mass is 15.3. The maximum absolute atomic E-state index is 5.85. The number of nitrogen functional groups attached to an aromatic ring is 1. The molecule has 0 atom stereocenters. The van der Waals surface area contributed by atoms with E-state index < -0.39 is 0 Å². The molecule has 0 amide bonds. The summed E-state index contributed by atoms with van der Waals surface area (Å²) < 4.78 is 1.94. The predicted molar refractivity (Wildman–Crippen MR) is 70.9 cm³/mol. The highest BCUT2D eigenvalue weighted by molar-refractivity contribution is 5.58. The van der Waals surface area contributed by atoms with Gasteiger partial charge in [0.15, 0.2) is 0 Å². The molecular formula is C13H18N4. The molecule has 1 aromatic carbocycles. The molecular weight excluding hydrogens is 212 g/mol. The lowest BCUT2D eigenvalue weighted by atomic mass is 10.2. The van der Waals surface area contributed by atoms with Crippen LogP contribution in [0.5, 0.6) is 0 Å². The van der Waals surface area contributed by atoms with Crippen molar-refractivity contribution in [3.8, 4) is 0 Å². The van der Waals surface area contributed by atoms with Crippen molar-refractivity contribution in [1.29, 1.82) is 0 Å². The Morgan fingerprint density at radius 3 is 3.00 bits per heavy atom. The highest BCUT2D eigenvalue weighted by Crippen LogP contribution is 2.16. The van der Waals surface area contributed by atoms with Crippen molar-refractivity contribution in [3.63, 3.8) is 0 Å². The van der Waals surface area contributed by atoms with Gasteiger partial charge in [0.1, 0.15) is 0 Å². The van der Waals surface area contributed by atoms with Crippen LogP contribution < -0.4 is 11.1 Å². The number of nitrogens with two attached hydrogens (primary N) is 1. The van der Waals surface area contributed by atoms with E-state index in [0.29, 0.717) is 0 Å². The summed E-state index contributed by atoms with van der Waals surface area (Å²) in [7, 11) is 0. The number of hydrogen-bond donors (Lipinski definition) is 2. The predicted octanol–water partition coefficient (Wildman–Crippen LogP) is 2.28. The van der Waals surface area contributed by atoms with Gasteiger partial charge in [-0.05, 0) is 37.1 Å². The van der Waals surface area contributed by atoms with Gasteiger partial charge in [-0.3, -0.25) is 4.68 Å². The molecule has 1 aromatic heterocycles. The van der Waals surface area contributed by atoms with Crippen molar-refractivity contribution in [2.75, 3.05) is 17.6 Å². The number of benzene rings is 1. The lowest BCUT2D eigenvalue weighted by molar-refractivity contribution is 0.592. The van der Waals surface area contributed by atoms with Gasteiger partial charge in [0.05, 0.1) is 0 Å². The van der Waals surface area contributed by atoms with Crippen LogP contribution in [0.4, 0.5) is 11.4 Å². The van der Waals surface area contributed by atoms with Crippen molar-refractivity contribution >= 4 is 11.4 Å². The first-order valence-electron chi connectivity index (χ1n) is 5.83. The molecule has 90 valence electrons. The molecule has 17 heavy (non-hydrogen) atoms. The van der Waals surface area contributed by atoms with E-state index in [9.17, 15) is 0 Å². The fraction of sp³-hybridized carbons (Fsp3) is 0.308. The summed E-state index contributed by atoms with van der Waals surface area (Å²) in [4.78, 5) is 0. The van der Waals surface area contributed by atoms with Crippen LogP contribution in [0.25, 0.3) is 0 Å². The standard InChI is InChI=1S/C13H18N4/c1-11-4-5-12(10-13(11)14)15-6-2-8-17-9-3-7-16-17/h3-5,7,9-10,15H,2,6,8,14H2,1H3. The molecule has 4 nitrogen and oxygen atoms in total. The lowest BCUT2D eigenvalue weighted by Gasteiger charge is -2.08. The second-order valence-corrected chi connectivity index (χ2v) is 4.12. The number of aryl methyl sites for hydroxylation is 2. The first-order chi connectivity index (χ1) is 8.25. The summed E-state index contributed by atoms with van der Waals surface area (Å²) in [5.41, 5.74) is 8.88. The molecule has 0 fully saturated rings. The van der Waals surface area contributed by atoms with Crippen LogP contribution in [0.15, 0.2) is 36.7 Å². The Bertz CT molecular complexity index is 462. The van der Waals surface area contributed by atoms with Gasteiger partial charge in [0, 0.05) is 36.9 Å². The first kappa shape index (κ1) is 11.5. The van der Waals surface area contributed by atoms with Gasteiger partial charge < -0.3 is 11.1 Å². The van der Waals surface area contributed by atoms with Crippen LogP contribution in [0.1, 0.15) is 12.0 Å². The molecule has 2 aromatic rings. The van der Waals surface area contributed by atoms with Gasteiger partial charge >= 0.3 is 0 Å². The Labute approximate surface area is 101 Å². The van der Waals surface area contributed by atoms with Crippen molar-refractivity contribution in [3.05, 3.63) is 42.2 Å². The Morgan fingerprint density at radius 2 is 2.29 bits per heavy atom. The van der Waals surface area contributed by atoms with E-state index in [-0.39, 0.29) is 0 Å². The Morgan fingerprint density at radius 1 is 1.41 bits per heavy atom. The third kappa shape index (κ3) is 3.24. The van der Waals surface area contributed by atoms with Crippen LogP contribution in [-0.2, 0) is 6.54 Å². The molecule has 0 aliphatic heterocycles. The number of aromatic nitrogens is 2. The molecule has 0 radical (unpaired) electrons. The topological polar surface area (TPSA) is 55.9 Å². The van der Waals surface area contributed by atoms with Crippen LogP contribution in [0, 0.1) is 6.92 Å². The van der Waals surface area contributed by atoms with Gasteiger partial charge in [-0.15, -0.1) is 0 Å². The summed E-state index contributed by atoms with van der Waals surface area (Å²) in [6, 6.07) is 8.00. The third-order valence-corrected chi connectivity index (χ3v) is 2.73. The number of anilines is 2. The maximum Gasteiger partial charge on any atom is 0.0489 e. The van der Waals surface area contributed by atoms with E-state index >= 15 is 0 Å². The number of rotatable bonds is 5. The highest BCUT2D eigenvalue weighted by Gasteiger charge is 1.96. The molecule has 0 aliphatic rings. The molecule has 0 saturated heterocycles. The van der Waals surface area contributed by atoms with Gasteiger partial charge in [-0.2, -0.15) is 5.10 Å². The van der Waals surface area contributed by atoms with Crippen molar-refractivity contribution in [1.82, 2.24) is 9.78 Å². The Hall–Kier alpha value is -1.97. The zero-order valence-electron chi connectivity index (χ0n) is 10.1. The van der Waals surface area contributed by atoms with Gasteiger partial charge in [0.2, 0.25) is 0 Å². The van der Waals surface area contributed by atoms with Crippen molar-refractivity contribution in [2.45, 2.75) is 19.9 Å². The Balaban J connectivity index is 1.76. The summed E-state index contributed by atoms with van der Waals surface area (Å²) in [5.74, 6) is 0. The minimum Gasteiger partial charge on any atom is -0.398 e. The van der Waals surface area contributed by atoms with E-state index in [1.807, 2.05) is 36.0 Å². The van der Waals surface area contributed by atoms with E-state index in [1.54, 1.807) is 6.20 Å². The number of hydrogen-bond acceptors (Lipinski definition) is 3. The van der Waals surface area contributed by atoms with Crippen LogP contribution in [0.2, 0.25) is 0 Å². The number of nitrogens with zero attached hydrogens (tertiary/aromatic N) is 2. The van der Waals surface area contributed by atoms with E-state index in [2.05, 4.69) is 16.5 Å². The molecule has 0 aliphatic carbocycles. The minimum atomic E-state index is 0.835. The zero-order valence-corrected chi connectivity index (χ0v) is 10.1. The SMILES string of the molecule is Cc1ccc(NCCCn2cccn2)cc1N. The zero-order chi connectivity index (χ0) is 12.1. The molecule has 0 spiro atoms. The summed E-state index contributed by atoms with van der Waals surface area (Å²) >= 11 is 0. The molecule has 2 rings (SSSR count). The van der Waals surface area contributed by atoms with E-state index in [1.165, 1.54) is 0 Å².